The first-order valence-corrected chi connectivity index (χ1v) is 7.48. The molecule has 18 heavy (non-hydrogen) atoms. The molecule has 0 radical (unpaired) electrons. The Bertz CT molecular complexity index is 540. The highest BCUT2D eigenvalue weighted by atomic mass is 79.9. The number of hydrogen-bond donors (Lipinski definition) is 2. The van der Waals surface area contributed by atoms with Crippen LogP contribution in [-0.2, 0) is 0 Å². The monoisotopic (exact) mass is 324 g/mol. The molecule has 0 bridgehead atoms. The van der Waals surface area contributed by atoms with Gasteiger partial charge < -0.3 is 0 Å². The molecule has 0 aliphatic carbocycles. The largest absolute Gasteiger partial charge is 0.271 e. The lowest BCUT2D eigenvalue weighted by atomic mass is 9.99. The summed E-state index contributed by atoms with van der Waals surface area (Å²) in [5.41, 5.74) is 7.89. The first kappa shape index (κ1) is 13.7. The zero-order valence-corrected chi connectivity index (χ0v) is 13.2. The maximum Gasteiger partial charge on any atom is 0.0805 e. The topological polar surface area (TPSA) is 38.0 Å². The van der Waals surface area contributed by atoms with Crippen molar-refractivity contribution in [1.82, 2.24) is 5.43 Å². The molecule has 0 saturated carbocycles. The minimum Gasteiger partial charge on any atom is -0.271 e. The van der Waals surface area contributed by atoms with Crippen LogP contribution in [0.3, 0.4) is 0 Å². The predicted octanol–water partition coefficient (Wildman–Crippen LogP) is 3.99. The van der Waals surface area contributed by atoms with E-state index in [1.807, 2.05) is 0 Å². The summed E-state index contributed by atoms with van der Waals surface area (Å²) in [5.74, 6) is 5.75. The van der Waals surface area contributed by atoms with E-state index in [4.69, 9.17) is 5.84 Å². The molecule has 0 aliphatic heterocycles. The highest BCUT2D eigenvalue weighted by Crippen LogP contribution is 2.32. The van der Waals surface area contributed by atoms with Crippen LogP contribution < -0.4 is 11.3 Å². The van der Waals surface area contributed by atoms with Crippen LogP contribution in [0.25, 0.3) is 0 Å². The highest BCUT2D eigenvalue weighted by molar-refractivity contribution is 9.10. The Morgan fingerprint density at radius 3 is 2.22 bits per heavy atom. The minimum atomic E-state index is 0.0653. The van der Waals surface area contributed by atoms with Gasteiger partial charge in [-0.25, -0.2) is 5.43 Å². The van der Waals surface area contributed by atoms with E-state index in [0.717, 1.165) is 0 Å². The molecule has 1 heterocycles. The number of nitrogens with two attached hydrogens (primary N) is 1. The van der Waals surface area contributed by atoms with Crippen LogP contribution in [0.4, 0.5) is 0 Å². The van der Waals surface area contributed by atoms with Gasteiger partial charge in [0.05, 0.1) is 6.04 Å². The van der Waals surface area contributed by atoms with E-state index >= 15 is 0 Å². The quantitative estimate of drug-likeness (QED) is 0.661. The van der Waals surface area contributed by atoms with Gasteiger partial charge in [0.1, 0.15) is 0 Å². The smallest absolute Gasteiger partial charge is 0.0805 e. The SMILES string of the molecule is Cc1ccsc1C(NN)c1cc(C)c(Br)c(C)c1. The summed E-state index contributed by atoms with van der Waals surface area (Å²) in [7, 11) is 0. The van der Waals surface area contributed by atoms with Gasteiger partial charge in [-0.1, -0.05) is 28.1 Å². The summed E-state index contributed by atoms with van der Waals surface area (Å²) in [4.78, 5) is 1.28. The fraction of sp³-hybridized carbons (Fsp3) is 0.286. The Morgan fingerprint density at radius 2 is 1.78 bits per heavy atom. The number of benzene rings is 1. The van der Waals surface area contributed by atoms with E-state index in [9.17, 15) is 0 Å². The van der Waals surface area contributed by atoms with Crippen LogP contribution in [0.2, 0.25) is 0 Å². The lowest BCUT2D eigenvalue weighted by Crippen LogP contribution is -2.28. The maximum atomic E-state index is 5.75. The van der Waals surface area contributed by atoms with E-state index in [0.29, 0.717) is 0 Å². The second-order valence-electron chi connectivity index (χ2n) is 4.54. The minimum absolute atomic E-state index is 0.0653. The predicted molar refractivity (Wildman–Crippen MR) is 81.8 cm³/mol. The van der Waals surface area contributed by atoms with Gasteiger partial charge >= 0.3 is 0 Å². The van der Waals surface area contributed by atoms with Gasteiger partial charge in [-0.3, -0.25) is 5.84 Å². The standard InChI is InChI=1S/C14H17BrN2S/c1-8-4-5-18-14(8)13(17-16)11-6-9(2)12(15)10(3)7-11/h4-7,13,17H,16H2,1-3H3. The zero-order valence-electron chi connectivity index (χ0n) is 10.8. The molecule has 0 spiro atoms. The van der Waals surface area contributed by atoms with Crippen molar-refractivity contribution in [2.24, 2.45) is 5.84 Å². The third-order valence-electron chi connectivity index (χ3n) is 3.12. The van der Waals surface area contributed by atoms with Gasteiger partial charge in [0.25, 0.3) is 0 Å². The first-order valence-electron chi connectivity index (χ1n) is 5.81. The number of halogens is 1. The Balaban J connectivity index is 2.49. The number of aryl methyl sites for hydroxylation is 3. The number of nitrogens with one attached hydrogen (secondary N) is 1. The summed E-state index contributed by atoms with van der Waals surface area (Å²) >= 11 is 5.34. The van der Waals surface area contributed by atoms with Crippen LogP contribution in [0.5, 0.6) is 0 Å². The molecule has 2 nitrogen and oxygen atoms in total. The molecule has 2 rings (SSSR count). The van der Waals surface area contributed by atoms with Crippen molar-refractivity contribution in [3.8, 4) is 0 Å². The van der Waals surface area contributed by atoms with Crippen molar-refractivity contribution in [3.63, 3.8) is 0 Å². The molecule has 0 saturated heterocycles. The Hall–Kier alpha value is -0.680. The third kappa shape index (κ3) is 2.52. The van der Waals surface area contributed by atoms with Gasteiger partial charge in [0, 0.05) is 9.35 Å². The molecule has 0 amide bonds. The van der Waals surface area contributed by atoms with Crippen molar-refractivity contribution in [3.05, 3.63) is 55.2 Å². The fourth-order valence-corrected chi connectivity index (χ4v) is 3.39. The van der Waals surface area contributed by atoms with Crippen LogP contribution in [-0.4, -0.2) is 0 Å². The Kier molecular flexibility index (Phi) is 4.22. The van der Waals surface area contributed by atoms with Crippen molar-refractivity contribution in [2.75, 3.05) is 0 Å². The summed E-state index contributed by atoms with van der Waals surface area (Å²) in [6.07, 6.45) is 0. The van der Waals surface area contributed by atoms with E-state index in [1.165, 1.54) is 31.6 Å². The summed E-state index contributed by atoms with van der Waals surface area (Å²) < 4.78 is 1.17. The lowest BCUT2D eigenvalue weighted by Gasteiger charge is -2.18. The Labute approximate surface area is 120 Å². The molecule has 4 heteroatoms. The Morgan fingerprint density at radius 1 is 1.17 bits per heavy atom. The van der Waals surface area contributed by atoms with Gasteiger partial charge in [0.15, 0.2) is 0 Å². The summed E-state index contributed by atoms with van der Waals surface area (Å²) in [6, 6.07) is 6.56. The normalized spacial score (nSPS) is 12.7. The van der Waals surface area contributed by atoms with Crippen LogP contribution in [0.1, 0.15) is 33.2 Å². The molecule has 96 valence electrons. The van der Waals surface area contributed by atoms with E-state index in [2.05, 4.69) is 65.7 Å². The molecule has 3 N–H and O–H groups in total. The average Bonchev–Trinajstić information content (AvgIpc) is 2.74. The number of rotatable bonds is 3. The van der Waals surface area contributed by atoms with Crippen LogP contribution in [0.15, 0.2) is 28.1 Å². The maximum absolute atomic E-state index is 5.75. The number of hydrazine groups is 1. The second-order valence-corrected chi connectivity index (χ2v) is 6.28. The van der Waals surface area contributed by atoms with Crippen molar-refractivity contribution < 1.29 is 0 Å². The van der Waals surface area contributed by atoms with Crippen molar-refractivity contribution in [2.45, 2.75) is 26.8 Å². The summed E-state index contributed by atoms with van der Waals surface area (Å²) in [5, 5.41) is 2.10. The van der Waals surface area contributed by atoms with Crippen LogP contribution >= 0.6 is 27.3 Å². The van der Waals surface area contributed by atoms with E-state index in [-0.39, 0.29) is 6.04 Å². The zero-order chi connectivity index (χ0) is 13.3. The molecular formula is C14H17BrN2S. The number of hydrogen-bond acceptors (Lipinski definition) is 3. The molecule has 0 fully saturated rings. The molecule has 1 unspecified atom stereocenters. The van der Waals surface area contributed by atoms with Gasteiger partial charge in [-0.2, -0.15) is 0 Å². The molecule has 1 aromatic heterocycles. The van der Waals surface area contributed by atoms with Crippen LogP contribution in [0, 0.1) is 20.8 Å². The lowest BCUT2D eigenvalue weighted by molar-refractivity contribution is 0.643. The summed E-state index contributed by atoms with van der Waals surface area (Å²) in [6.45, 7) is 6.33. The molecule has 0 aliphatic rings. The van der Waals surface area contributed by atoms with Gasteiger partial charge in [0.2, 0.25) is 0 Å². The number of thiophene rings is 1. The fourth-order valence-electron chi connectivity index (χ4n) is 2.15. The molecule has 1 aromatic carbocycles. The van der Waals surface area contributed by atoms with E-state index in [1.54, 1.807) is 11.3 Å². The van der Waals surface area contributed by atoms with E-state index < -0.39 is 0 Å². The average molecular weight is 325 g/mol. The third-order valence-corrected chi connectivity index (χ3v) is 5.46. The first-order chi connectivity index (χ1) is 8.54. The van der Waals surface area contributed by atoms with Crippen molar-refractivity contribution in [1.29, 1.82) is 0 Å². The molecular weight excluding hydrogens is 308 g/mol. The molecule has 1 atom stereocenters. The van der Waals surface area contributed by atoms with Gasteiger partial charge in [-0.15, -0.1) is 11.3 Å². The highest BCUT2D eigenvalue weighted by Gasteiger charge is 2.17. The van der Waals surface area contributed by atoms with Crippen molar-refractivity contribution >= 4 is 27.3 Å². The second kappa shape index (κ2) is 5.53. The molecule has 2 aromatic rings. The van der Waals surface area contributed by atoms with Gasteiger partial charge in [-0.05, 0) is 54.5 Å².